The van der Waals surface area contributed by atoms with E-state index in [2.05, 4.69) is 10.6 Å². The Kier molecular flexibility index (Phi) is 2.14. The number of anilines is 1. The van der Waals surface area contributed by atoms with E-state index in [-0.39, 0.29) is 5.69 Å². The highest BCUT2D eigenvalue weighted by Crippen LogP contribution is 2.31. The molecule has 4 nitrogen and oxygen atoms in total. The molecule has 1 aliphatic heterocycles. The lowest BCUT2D eigenvalue weighted by Crippen LogP contribution is -2.33. The number of nitrogens with one attached hydrogen (secondary N) is 1. The second kappa shape index (κ2) is 3.19. The summed E-state index contributed by atoms with van der Waals surface area (Å²) in [5.41, 5.74) is 0.551. The van der Waals surface area contributed by atoms with Crippen molar-refractivity contribution in [2.75, 3.05) is 5.32 Å². The molecule has 0 aliphatic carbocycles. The van der Waals surface area contributed by atoms with Gasteiger partial charge in [-0.25, -0.2) is 9.71 Å². The van der Waals surface area contributed by atoms with E-state index in [0.29, 0.717) is 9.26 Å². The van der Waals surface area contributed by atoms with Crippen molar-refractivity contribution in [3.8, 4) is 0 Å². The van der Waals surface area contributed by atoms with E-state index < -0.39 is 17.6 Å². The minimum Gasteiger partial charge on any atom is -0.316 e. The van der Waals surface area contributed by atoms with Gasteiger partial charge in [0.15, 0.2) is 0 Å². The molecule has 6 heteroatoms. The van der Waals surface area contributed by atoms with Gasteiger partial charge in [-0.2, -0.15) is 0 Å². The van der Waals surface area contributed by atoms with Gasteiger partial charge in [0, 0.05) is 3.57 Å². The monoisotopic (exact) mass is 305 g/mol. The first-order valence-corrected chi connectivity index (χ1v) is 4.72. The zero-order valence-electron chi connectivity index (χ0n) is 6.67. The van der Waals surface area contributed by atoms with E-state index in [1.165, 1.54) is 6.07 Å². The van der Waals surface area contributed by atoms with Gasteiger partial charge in [-0.1, -0.05) is 0 Å². The Balaban J connectivity index is 2.57. The molecule has 0 unspecified atom stereocenters. The molecule has 0 atom stereocenters. The van der Waals surface area contributed by atoms with Crippen molar-refractivity contribution in [3.05, 3.63) is 21.5 Å². The normalized spacial score (nSPS) is 14.4. The van der Waals surface area contributed by atoms with Crippen LogP contribution in [0.5, 0.6) is 0 Å². The van der Waals surface area contributed by atoms with Crippen LogP contribution in [-0.4, -0.2) is 11.8 Å². The minimum atomic E-state index is -0.859. The predicted octanol–water partition coefficient (Wildman–Crippen LogP) is 1.14. The van der Waals surface area contributed by atoms with E-state index in [9.17, 15) is 14.0 Å². The van der Waals surface area contributed by atoms with Gasteiger partial charge in [-0.05, 0) is 34.7 Å². The Bertz CT molecular complexity index is 447. The fraction of sp³-hybridized carbons (Fsp3) is 0. The third-order valence-corrected chi connectivity index (χ3v) is 2.51. The molecule has 0 fully saturated rings. The Labute approximate surface area is 92.0 Å². The summed E-state index contributed by atoms with van der Waals surface area (Å²) in [6, 6.07) is 2.37. The molecule has 0 bridgehead atoms. The number of benzene rings is 1. The average molecular weight is 305 g/mol. The molecule has 1 heterocycles. The summed E-state index contributed by atoms with van der Waals surface area (Å²) < 4.78 is 13.4. The quantitative estimate of drug-likeness (QED) is 0.577. The second-order valence-corrected chi connectivity index (χ2v) is 3.82. The van der Waals surface area contributed by atoms with Crippen molar-refractivity contribution in [2.45, 2.75) is 0 Å². The molecule has 0 spiro atoms. The third kappa shape index (κ3) is 1.45. The van der Waals surface area contributed by atoms with E-state index in [0.717, 1.165) is 6.07 Å². The standard InChI is InChI=1S/C8H3FIN2O2/c9-3-1-4(10)6-5(2-3)11-7(13)8(14)12-6/h1-2H,(H,11,13). The maximum absolute atomic E-state index is 12.9. The smallest absolute Gasteiger partial charge is 0.316 e. The van der Waals surface area contributed by atoms with Gasteiger partial charge in [-0.15, -0.1) is 0 Å². The number of carbonyl (C=O) groups excluding carboxylic acids is 2. The van der Waals surface area contributed by atoms with Crippen molar-refractivity contribution < 1.29 is 14.0 Å². The Morgan fingerprint density at radius 1 is 1.36 bits per heavy atom. The fourth-order valence-electron chi connectivity index (χ4n) is 1.10. The van der Waals surface area contributed by atoms with E-state index in [1.807, 2.05) is 22.6 Å². The first-order valence-electron chi connectivity index (χ1n) is 3.64. The van der Waals surface area contributed by atoms with Gasteiger partial charge < -0.3 is 5.32 Å². The Hall–Kier alpha value is -1.18. The number of halogens is 2. The molecule has 2 rings (SSSR count). The van der Waals surface area contributed by atoms with Crippen LogP contribution in [0.25, 0.3) is 0 Å². The molecule has 1 N–H and O–H groups in total. The molecule has 1 aromatic rings. The average Bonchev–Trinajstić information content (AvgIpc) is 2.08. The zero-order chi connectivity index (χ0) is 10.3. The van der Waals surface area contributed by atoms with Crippen molar-refractivity contribution in [3.63, 3.8) is 0 Å². The highest BCUT2D eigenvalue weighted by molar-refractivity contribution is 14.1. The lowest BCUT2D eigenvalue weighted by Gasteiger charge is -2.16. The minimum absolute atomic E-state index is 0.235. The summed E-state index contributed by atoms with van der Waals surface area (Å²) in [6.45, 7) is 0. The number of fused-ring (bicyclic) bond motifs is 1. The van der Waals surface area contributed by atoms with Gasteiger partial charge in [0.1, 0.15) is 11.5 Å². The van der Waals surface area contributed by atoms with Crippen LogP contribution in [-0.2, 0) is 9.59 Å². The fourth-order valence-corrected chi connectivity index (χ4v) is 1.81. The van der Waals surface area contributed by atoms with Crippen LogP contribution >= 0.6 is 22.6 Å². The maximum atomic E-state index is 12.9. The van der Waals surface area contributed by atoms with Crippen LogP contribution in [0, 0.1) is 9.39 Å². The summed E-state index contributed by atoms with van der Waals surface area (Å²) in [7, 11) is 0. The van der Waals surface area contributed by atoms with E-state index in [4.69, 9.17) is 0 Å². The molecule has 1 radical (unpaired) electrons. The largest absolute Gasteiger partial charge is 0.335 e. The molecule has 1 aliphatic rings. The molecule has 14 heavy (non-hydrogen) atoms. The highest BCUT2D eigenvalue weighted by atomic mass is 127. The lowest BCUT2D eigenvalue weighted by molar-refractivity contribution is -0.135. The number of carbonyl (C=O) groups is 2. The van der Waals surface area contributed by atoms with Gasteiger partial charge in [0.2, 0.25) is 0 Å². The summed E-state index contributed by atoms with van der Waals surface area (Å²) >= 11 is 1.85. The lowest BCUT2D eigenvalue weighted by atomic mass is 10.2. The van der Waals surface area contributed by atoms with Gasteiger partial charge in [0.25, 0.3) is 0 Å². The molecular formula is C8H3FIN2O2. The van der Waals surface area contributed by atoms with Crippen molar-refractivity contribution in [1.29, 1.82) is 0 Å². The van der Waals surface area contributed by atoms with Crippen molar-refractivity contribution >= 4 is 45.8 Å². The molecule has 0 saturated heterocycles. The number of hydrogen-bond donors (Lipinski definition) is 1. The van der Waals surface area contributed by atoms with Gasteiger partial charge >= 0.3 is 11.8 Å². The third-order valence-electron chi connectivity index (χ3n) is 1.68. The molecule has 0 saturated carbocycles. The van der Waals surface area contributed by atoms with Crippen LogP contribution in [0.15, 0.2) is 12.1 Å². The summed E-state index contributed by atoms with van der Waals surface area (Å²) in [5, 5.41) is 5.81. The van der Waals surface area contributed by atoms with Crippen molar-refractivity contribution in [2.24, 2.45) is 0 Å². The SMILES string of the molecule is O=C1[N]c2c(I)cc(F)cc2NC1=O. The van der Waals surface area contributed by atoms with Crippen LogP contribution in [0.2, 0.25) is 0 Å². The van der Waals surface area contributed by atoms with E-state index in [1.54, 1.807) is 0 Å². The van der Waals surface area contributed by atoms with Crippen LogP contribution in [0.3, 0.4) is 0 Å². The number of rotatable bonds is 0. The topological polar surface area (TPSA) is 60.3 Å². The maximum Gasteiger partial charge on any atom is 0.335 e. The number of amides is 2. The van der Waals surface area contributed by atoms with Crippen molar-refractivity contribution in [1.82, 2.24) is 5.32 Å². The molecular weight excluding hydrogens is 302 g/mol. The van der Waals surface area contributed by atoms with E-state index >= 15 is 0 Å². The Morgan fingerprint density at radius 3 is 2.79 bits per heavy atom. The highest BCUT2D eigenvalue weighted by Gasteiger charge is 2.26. The summed E-state index contributed by atoms with van der Waals surface area (Å²) in [6.07, 6.45) is 0. The summed E-state index contributed by atoms with van der Waals surface area (Å²) in [4.78, 5) is 21.8. The first-order chi connectivity index (χ1) is 6.58. The molecule has 71 valence electrons. The first kappa shape index (κ1) is 9.38. The van der Waals surface area contributed by atoms with Crippen LogP contribution < -0.4 is 10.6 Å². The van der Waals surface area contributed by atoms with Gasteiger partial charge in [0.05, 0.1) is 5.69 Å². The van der Waals surface area contributed by atoms with Crippen LogP contribution in [0.1, 0.15) is 0 Å². The number of hydrogen-bond acceptors (Lipinski definition) is 2. The van der Waals surface area contributed by atoms with Gasteiger partial charge in [-0.3, -0.25) is 9.59 Å². The predicted molar refractivity (Wildman–Crippen MR) is 54.5 cm³/mol. The molecule has 2 amide bonds. The van der Waals surface area contributed by atoms with Crippen LogP contribution in [0.4, 0.5) is 15.8 Å². The second-order valence-electron chi connectivity index (χ2n) is 2.65. The molecule has 0 aromatic heterocycles. The number of nitrogens with zero attached hydrogens (tertiary/aromatic N) is 1. The molecule has 1 aromatic carbocycles. The summed E-state index contributed by atoms with van der Waals surface area (Å²) in [5.74, 6) is -2.17. The Morgan fingerprint density at radius 2 is 2.07 bits per heavy atom. The zero-order valence-corrected chi connectivity index (χ0v) is 8.83.